The highest BCUT2D eigenvalue weighted by molar-refractivity contribution is 5.83. The van der Waals surface area contributed by atoms with Crippen LogP contribution in [-0.2, 0) is 4.79 Å². The van der Waals surface area contributed by atoms with Gasteiger partial charge in [0, 0.05) is 13.1 Å². The van der Waals surface area contributed by atoms with Crippen molar-refractivity contribution in [1.82, 2.24) is 15.1 Å². The molecule has 2 rings (SSSR count). The van der Waals surface area contributed by atoms with Crippen molar-refractivity contribution in [3.05, 3.63) is 0 Å². The number of rotatable bonds is 4. The van der Waals surface area contributed by atoms with Gasteiger partial charge in [-0.05, 0) is 32.4 Å². The maximum Gasteiger partial charge on any atom is 0.240 e. The molecule has 4 nitrogen and oxygen atoms in total. The Morgan fingerprint density at radius 3 is 2.94 bits per heavy atom. The van der Waals surface area contributed by atoms with Crippen LogP contribution in [0.5, 0.6) is 0 Å². The van der Waals surface area contributed by atoms with Crippen molar-refractivity contribution in [2.75, 3.05) is 33.4 Å². The molecule has 92 valence electrons. The number of nitrogens with one attached hydrogen (secondary N) is 1. The van der Waals surface area contributed by atoms with E-state index in [4.69, 9.17) is 0 Å². The number of carbonyl (C=O) groups excluding carboxylic acids is 1. The van der Waals surface area contributed by atoms with E-state index in [0.717, 1.165) is 32.6 Å². The number of carbonyl (C=O) groups is 1. The molecule has 2 atom stereocenters. The second-order valence-electron chi connectivity index (χ2n) is 5.18. The Labute approximate surface area is 98.0 Å². The topological polar surface area (TPSA) is 35.6 Å². The lowest BCUT2D eigenvalue weighted by molar-refractivity contribution is -0.129. The SMILES string of the molecule is CCCC1NCN(CC2CCN(C)C2)C1=O. The summed E-state index contributed by atoms with van der Waals surface area (Å²) in [7, 11) is 2.16. The van der Waals surface area contributed by atoms with Gasteiger partial charge in [0.05, 0.1) is 12.7 Å². The van der Waals surface area contributed by atoms with Crippen LogP contribution in [0.2, 0.25) is 0 Å². The Balaban J connectivity index is 1.81. The third-order valence-corrected chi connectivity index (χ3v) is 3.68. The molecule has 2 aliphatic heterocycles. The number of nitrogens with zero attached hydrogens (tertiary/aromatic N) is 2. The third-order valence-electron chi connectivity index (χ3n) is 3.68. The zero-order valence-corrected chi connectivity index (χ0v) is 10.4. The van der Waals surface area contributed by atoms with Crippen LogP contribution < -0.4 is 5.32 Å². The molecule has 0 aromatic rings. The zero-order valence-electron chi connectivity index (χ0n) is 10.4. The lowest BCUT2D eigenvalue weighted by atomic mass is 10.1. The summed E-state index contributed by atoms with van der Waals surface area (Å²) >= 11 is 0. The molecule has 2 heterocycles. The van der Waals surface area contributed by atoms with E-state index in [1.807, 2.05) is 4.90 Å². The van der Waals surface area contributed by atoms with Crippen LogP contribution in [0, 0.1) is 5.92 Å². The summed E-state index contributed by atoms with van der Waals surface area (Å²) in [4.78, 5) is 16.4. The fraction of sp³-hybridized carbons (Fsp3) is 0.917. The van der Waals surface area contributed by atoms with Crippen LogP contribution in [0.25, 0.3) is 0 Å². The summed E-state index contributed by atoms with van der Waals surface area (Å²) in [6.07, 6.45) is 3.28. The summed E-state index contributed by atoms with van der Waals surface area (Å²) in [6.45, 7) is 6.14. The summed E-state index contributed by atoms with van der Waals surface area (Å²) in [6, 6.07) is 0.0872. The summed E-state index contributed by atoms with van der Waals surface area (Å²) in [5.74, 6) is 0.993. The van der Waals surface area contributed by atoms with Gasteiger partial charge in [0.15, 0.2) is 0 Å². The van der Waals surface area contributed by atoms with Gasteiger partial charge in [-0.3, -0.25) is 10.1 Å². The second kappa shape index (κ2) is 5.15. The molecule has 0 aliphatic carbocycles. The minimum atomic E-state index is 0.0872. The van der Waals surface area contributed by atoms with Crippen molar-refractivity contribution in [1.29, 1.82) is 0 Å². The number of hydrogen-bond acceptors (Lipinski definition) is 3. The molecule has 0 aromatic carbocycles. The first-order valence-electron chi connectivity index (χ1n) is 6.41. The molecule has 0 bridgehead atoms. The van der Waals surface area contributed by atoms with Crippen molar-refractivity contribution < 1.29 is 4.79 Å². The molecule has 1 amide bonds. The van der Waals surface area contributed by atoms with Crippen molar-refractivity contribution in [3.63, 3.8) is 0 Å². The average Bonchev–Trinajstić information content (AvgIpc) is 2.80. The lowest BCUT2D eigenvalue weighted by Crippen LogP contribution is -2.34. The summed E-state index contributed by atoms with van der Waals surface area (Å²) in [5.41, 5.74) is 0. The highest BCUT2D eigenvalue weighted by atomic mass is 16.2. The van der Waals surface area contributed by atoms with Crippen LogP contribution in [0.4, 0.5) is 0 Å². The zero-order chi connectivity index (χ0) is 11.5. The minimum Gasteiger partial charge on any atom is -0.328 e. The Bertz CT molecular complexity index is 257. The van der Waals surface area contributed by atoms with E-state index in [-0.39, 0.29) is 6.04 Å². The van der Waals surface area contributed by atoms with Crippen LogP contribution in [0.15, 0.2) is 0 Å². The fourth-order valence-electron chi connectivity index (χ4n) is 2.76. The minimum absolute atomic E-state index is 0.0872. The lowest BCUT2D eigenvalue weighted by Gasteiger charge is -2.19. The standard InChI is InChI=1S/C12H23N3O/c1-3-4-11-12(16)15(9-13-11)8-10-5-6-14(2)7-10/h10-11,13H,3-9H2,1-2H3. The van der Waals surface area contributed by atoms with Crippen molar-refractivity contribution in [2.24, 2.45) is 5.92 Å². The highest BCUT2D eigenvalue weighted by Crippen LogP contribution is 2.18. The predicted molar refractivity (Wildman–Crippen MR) is 64.0 cm³/mol. The van der Waals surface area contributed by atoms with E-state index in [0.29, 0.717) is 11.8 Å². The maximum absolute atomic E-state index is 12.0. The van der Waals surface area contributed by atoms with Gasteiger partial charge >= 0.3 is 0 Å². The first-order valence-corrected chi connectivity index (χ1v) is 6.41. The summed E-state index contributed by atoms with van der Waals surface area (Å²) < 4.78 is 0. The quantitative estimate of drug-likeness (QED) is 0.756. The normalized spacial score (nSPS) is 31.6. The monoisotopic (exact) mass is 225 g/mol. The first kappa shape index (κ1) is 11.9. The number of amides is 1. The van der Waals surface area contributed by atoms with E-state index >= 15 is 0 Å². The molecule has 1 N–H and O–H groups in total. The van der Waals surface area contributed by atoms with Crippen molar-refractivity contribution in [2.45, 2.75) is 32.2 Å². The highest BCUT2D eigenvalue weighted by Gasteiger charge is 2.32. The smallest absolute Gasteiger partial charge is 0.240 e. The van der Waals surface area contributed by atoms with Gasteiger partial charge < -0.3 is 9.80 Å². The molecule has 16 heavy (non-hydrogen) atoms. The van der Waals surface area contributed by atoms with Crippen molar-refractivity contribution >= 4 is 5.91 Å². The fourth-order valence-corrected chi connectivity index (χ4v) is 2.76. The Morgan fingerprint density at radius 1 is 1.50 bits per heavy atom. The average molecular weight is 225 g/mol. The molecule has 0 saturated carbocycles. The molecule has 2 aliphatic rings. The predicted octanol–water partition coefficient (Wildman–Crippen LogP) is 0.496. The Morgan fingerprint density at radius 2 is 2.31 bits per heavy atom. The van der Waals surface area contributed by atoms with E-state index < -0.39 is 0 Å². The third kappa shape index (κ3) is 2.55. The van der Waals surface area contributed by atoms with Gasteiger partial charge in [0.25, 0.3) is 0 Å². The number of hydrogen-bond donors (Lipinski definition) is 1. The first-order chi connectivity index (χ1) is 7.70. The number of likely N-dealkylation sites (tertiary alicyclic amines) is 1. The van der Waals surface area contributed by atoms with E-state index in [1.54, 1.807) is 0 Å². The molecular formula is C12H23N3O. The van der Waals surface area contributed by atoms with Gasteiger partial charge in [-0.15, -0.1) is 0 Å². The molecular weight excluding hydrogens is 202 g/mol. The van der Waals surface area contributed by atoms with E-state index in [1.165, 1.54) is 13.0 Å². The van der Waals surface area contributed by atoms with Crippen LogP contribution in [0.1, 0.15) is 26.2 Å². The molecule has 2 unspecified atom stereocenters. The van der Waals surface area contributed by atoms with E-state index in [2.05, 4.69) is 24.2 Å². The van der Waals surface area contributed by atoms with Gasteiger partial charge in [-0.25, -0.2) is 0 Å². The Kier molecular flexibility index (Phi) is 3.82. The van der Waals surface area contributed by atoms with Gasteiger partial charge in [0.1, 0.15) is 0 Å². The summed E-state index contributed by atoms with van der Waals surface area (Å²) in [5, 5.41) is 3.31. The maximum atomic E-state index is 12.0. The Hall–Kier alpha value is -0.610. The molecule has 0 spiro atoms. The largest absolute Gasteiger partial charge is 0.328 e. The molecule has 4 heteroatoms. The van der Waals surface area contributed by atoms with Gasteiger partial charge in [0.2, 0.25) is 5.91 Å². The molecule has 0 aromatic heterocycles. The van der Waals surface area contributed by atoms with Crippen molar-refractivity contribution in [3.8, 4) is 0 Å². The van der Waals surface area contributed by atoms with E-state index in [9.17, 15) is 4.79 Å². The van der Waals surface area contributed by atoms with Gasteiger partial charge in [-0.1, -0.05) is 13.3 Å². The second-order valence-corrected chi connectivity index (χ2v) is 5.18. The van der Waals surface area contributed by atoms with Crippen LogP contribution in [-0.4, -0.2) is 55.1 Å². The molecule has 0 radical (unpaired) electrons. The molecule has 2 fully saturated rings. The van der Waals surface area contributed by atoms with Gasteiger partial charge in [-0.2, -0.15) is 0 Å². The van der Waals surface area contributed by atoms with Crippen LogP contribution >= 0.6 is 0 Å². The van der Waals surface area contributed by atoms with Crippen LogP contribution in [0.3, 0.4) is 0 Å². The molecule has 2 saturated heterocycles.